The van der Waals surface area contributed by atoms with Gasteiger partial charge in [-0.05, 0) is 44.2 Å². The summed E-state index contributed by atoms with van der Waals surface area (Å²) in [7, 11) is 0. The van der Waals surface area contributed by atoms with E-state index < -0.39 is 0 Å². The van der Waals surface area contributed by atoms with Gasteiger partial charge in [0.15, 0.2) is 0 Å². The second-order valence-corrected chi connectivity index (χ2v) is 5.17. The first kappa shape index (κ1) is 10.5. The molecule has 1 saturated carbocycles. The lowest BCUT2D eigenvalue weighted by Gasteiger charge is -2.29. The van der Waals surface area contributed by atoms with E-state index in [1.807, 2.05) is 0 Å². The first-order chi connectivity index (χ1) is 7.75. The predicted octanol–water partition coefficient (Wildman–Crippen LogP) is 2.55. The first-order valence-corrected chi connectivity index (χ1v) is 6.35. The van der Waals surface area contributed by atoms with Gasteiger partial charge in [-0.15, -0.1) is 10.2 Å². The average Bonchev–Trinajstić information content (AvgIpc) is 3.02. The van der Waals surface area contributed by atoms with E-state index in [1.165, 1.54) is 12.8 Å². The van der Waals surface area contributed by atoms with Crippen LogP contribution in [0.15, 0.2) is 0 Å². The minimum absolute atomic E-state index is 0.310. The Morgan fingerprint density at radius 3 is 2.81 bits per heavy atom. The Hall–Kier alpha value is -0.610. The maximum absolute atomic E-state index is 6.15. The summed E-state index contributed by atoms with van der Waals surface area (Å²) in [5.41, 5.74) is 0. The number of nitrogens with zero attached hydrogens (tertiary/aromatic N) is 3. The number of ether oxygens (including phenoxy) is 1. The lowest BCUT2D eigenvalue weighted by Crippen LogP contribution is -2.26. The number of hydrogen-bond acceptors (Lipinski definition) is 3. The summed E-state index contributed by atoms with van der Waals surface area (Å²) in [5, 5.41) is 8.78. The molecule has 1 aliphatic carbocycles. The molecule has 2 unspecified atom stereocenters. The largest absolute Gasteiger partial charge is 0.378 e. The van der Waals surface area contributed by atoms with Crippen molar-refractivity contribution < 1.29 is 4.74 Å². The molecule has 0 spiro atoms. The predicted molar refractivity (Wildman–Crippen MR) is 60.7 cm³/mol. The van der Waals surface area contributed by atoms with E-state index in [-0.39, 0.29) is 0 Å². The summed E-state index contributed by atoms with van der Waals surface area (Å²) in [6, 6.07) is 0.418. The second kappa shape index (κ2) is 4.00. The Kier molecular flexibility index (Phi) is 2.64. The van der Waals surface area contributed by atoms with Crippen molar-refractivity contribution in [2.75, 3.05) is 6.61 Å². The number of rotatable bonds is 2. The number of hydrogen-bond donors (Lipinski definition) is 0. The standard InChI is InChI=1S/C11H16ClN3O/c1-7-6-9(4-5-16-7)15-10(8-2-3-8)13-14-11(15)12/h7-9H,2-6H2,1H3. The molecule has 3 rings (SSSR count). The highest BCUT2D eigenvalue weighted by molar-refractivity contribution is 6.28. The van der Waals surface area contributed by atoms with Crippen LogP contribution in [0.25, 0.3) is 0 Å². The topological polar surface area (TPSA) is 39.9 Å². The van der Waals surface area contributed by atoms with Crippen LogP contribution in [0, 0.1) is 0 Å². The van der Waals surface area contributed by atoms with Gasteiger partial charge in [-0.1, -0.05) is 0 Å². The fourth-order valence-electron chi connectivity index (χ4n) is 2.45. The maximum atomic E-state index is 6.15. The molecule has 16 heavy (non-hydrogen) atoms. The normalized spacial score (nSPS) is 30.6. The van der Waals surface area contributed by atoms with Gasteiger partial charge in [-0.2, -0.15) is 0 Å². The Morgan fingerprint density at radius 2 is 2.12 bits per heavy atom. The molecule has 0 bridgehead atoms. The third kappa shape index (κ3) is 1.84. The van der Waals surface area contributed by atoms with Crippen molar-refractivity contribution in [2.45, 2.75) is 50.7 Å². The summed E-state index contributed by atoms with van der Waals surface area (Å²) in [6.45, 7) is 2.92. The highest BCUT2D eigenvalue weighted by Gasteiger charge is 2.33. The molecule has 88 valence electrons. The number of aromatic nitrogens is 3. The molecule has 2 heterocycles. The van der Waals surface area contributed by atoms with Gasteiger partial charge in [0, 0.05) is 18.6 Å². The fourth-order valence-corrected chi connectivity index (χ4v) is 2.71. The minimum atomic E-state index is 0.310. The van der Waals surface area contributed by atoms with Crippen molar-refractivity contribution in [1.29, 1.82) is 0 Å². The molecule has 2 fully saturated rings. The molecular formula is C11H16ClN3O. The Labute approximate surface area is 99.9 Å². The van der Waals surface area contributed by atoms with E-state index in [4.69, 9.17) is 16.3 Å². The van der Waals surface area contributed by atoms with Crippen LogP contribution in [0.4, 0.5) is 0 Å². The van der Waals surface area contributed by atoms with Crippen LogP contribution in [-0.2, 0) is 4.74 Å². The molecule has 2 atom stereocenters. The molecule has 0 N–H and O–H groups in total. The van der Waals surface area contributed by atoms with Gasteiger partial charge >= 0.3 is 0 Å². The molecule has 4 nitrogen and oxygen atoms in total. The Morgan fingerprint density at radius 1 is 1.31 bits per heavy atom. The number of halogens is 1. The molecule has 0 radical (unpaired) electrons. The highest BCUT2D eigenvalue weighted by atomic mass is 35.5. The highest BCUT2D eigenvalue weighted by Crippen LogP contribution is 2.42. The molecule has 0 aromatic carbocycles. The molecule has 1 aromatic heterocycles. The summed E-state index contributed by atoms with van der Waals surface area (Å²) >= 11 is 6.15. The van der Waals surface area contributed by atoms with Crippen molar-refractivity contribution in [1.82, 2.24) is 14.8 Å². The molecule has 1 aliphatic heterocycles. The second-order valence-electron chi connectivity index (χ2n) is 4.83. The molecule has 1 saturated heterocycles. The van der Waals surface area contributed by atoms with Crippen LogP contribution in [0.5, 0.6) is 0 Å². The van der Waals surface area contributed by atoms with E-state index in [2.05, 4.69) is 21.7 Å². The summed E-state index contributed by atoms with van der Waals surface area (Å²) in [4.78, 5) is 0. The molecule has 1 aromatic rings. The van der Waals surface area contributed by atoms with E-state index in [0.29, 0.717) is 23.3 Å². The van der Waals surface area contributed by atoms with Crippen LogP contribution >= 0.6 is 11.6 Å². The molecular weight excluding hydrogens is 226 g/mol. The summed E-state index contributed by atoms with van der Waals surface area (Å²) in [6.07, 6.45) is 4.80. The third-order valence-corrected chi connectivity index (χ3v) is 3.70. The van der Waals surface area contributed by atoms with Gasteiger partial charge in [0.2, 0.25) is 5.28 Å². The van der Waals surface area contributed by atoms with Crippen molar-refractivity contribution in [2.24, 2.45) is 0 Å². The van der Waals surface area contributed by atoms with E-state index in [9.17, 15) is 0 Å². The average molecular weight is 242 g/mol. The SMILES string of the molecule is CC1CC(n2c(Cl)nnc2C2CC2)CCO1. The van der Waals surface area contributed by atoms with Crippen molar-refractivity contribution >= 4 is 11.6 Å². The fraction of sp³-hybridized carbons (Fsp3) is 0.818. The Bertz CT molecular complexity index is 389. The monoisotopic (exact) mass is 241 g/mol. The quantitative estimate of drug-likeness (QED) is 0.799. The smallest absolute Gasteiger partial charge is 0.225 e. The first-order valence-electron chi connectivity index (χ1n) is 5.97. The van der Waals surface area contributed by atoms with Crippen LogP contribution in [0.2, 0.25) is 5.28 Å². The van der Waals surface area contributed by atoms with E-state index in [1.54, 1.807) is 0 Å². The van der Waals surface area contributed by atoms with E-state index in [0.717, 1.165) is 25.3 Å². The van der Waals surface area contributed by atoms with Gasteiger partial charge < -0.3 is 4.74 Å². The van der Waals surface area contributed by atoms with Gasteiger partial charge in [-0.3, -0.25) is 4.57 Å². The zero-order valence-corrected chi connectivity index (χ0v) is 10.2. The third-order valence-electron chi connectivity index (χ3n) is 3.45. The maximum Gasteiger partial charge on any atom is 0.225 e. The van der Waals surface area contributed by atoms with Crippen molar-refractivity contribution in [3.05, 3.63) is 11.1 Å². The summed E-state index contributed by atoms with van der Waals surface area (Å²) in [5.74, 6) is 1.68. The lowest BCUT2D eigenvalue weighted by molar-refractivity contribution is 0.00542. The van der Waals surface area contributed by atoms with E-state index >= 15 is 0 Å². The van der Waals surface area contributed by atoms with Gasteiger partial charge in [0.1, 0.15) is 5.82 Å². The molecule has 2 aliphatic rings. The van der Waals surface area contributed by atoms with Crippen LogP contribution < -0.4 is 0 Å². The molecule has 0 amide bonds. The van der Waals surface area contributed by atoms with Gasteiger partial charge in [0.05, 0.1) is 6.10 Å². The van der Waals surface area contributed by atoms with Crippen LogP contribution in [0.1, 0.15) is 50.4 Å². The molecule has 5 heteroatoms. The lowest BCUT2D eigenvalue weighted by atomic mass is 10.0. The van der Waals surface area contributed by atoms with Gasteiger partial charge in [-0.25, -0.2) is 0 Å². The summed E-state index contributed by atoms with van der Waals surface area (Å²) < 4.78 is 7.70. The minimum Gasteiger partial charge on any atom is -0.378 e. The van der Waals surface area contributed by atoms with Crippen molar-refractivity contribution in [3.8, 4) is 0 Å². The Balaban J connectivity index is 1.88. The van der Waals surface area contributed by atoms with Crippen LogP contribution in [-0.4, -0.2) is 27.5 Å². The zero-order chi connectivity index (χ0) is 11.1. The van der Waals surface area contributed by atoms with Crippen molar-refractivity contribution in [3.63, 3.8) is 0 Å². The van der Waals surface area contributed by atoms with Crippen LogP contribution in [0.3, 0.4) is 0 Å². The van der Waals surface area contributed by atoms with Gasteiger partial charge in [0.25, 0.3) is 0 Å². The zero-order valence-electron chi connectivity index (χ0n) is 9.40.